The normalized spacial score (nSPS) is 14.9. The molecule has 0 saturated carbocycles. The second-order valence-corrected chi connectivity index (χ2v) is 8.16. The Bertz CT molecular complexity index is 1080. The number of carbonyl (C=O) groups is 2. The fourth-order valence-corrected chi connectivity index (χ4v) is 3.79. The molecule has 3 amide bonds. The van der Waals surface area contributed by atoms with E-state index in [0.29, 0.717) is 12.2 Å². The molecule has 0 spiro atoms. The molecule has 32 heavy (non-hydrogen) atoms. The van der Waals surface area contributed by atoms with E-state index in [2.05, 4.69) is 23.2 Å². The largest absolute Gasteiger partial charge is 0.332 e. The number of imide groups is 1. The molecule has 1 aromatic heterocycles. The van der Waals surface area contributed by atoms with Gasteiger partial charge in [-0.25, -0.2) is 9.69 Å². The number of hydrogen-bond donors (Lipinski definition) is 0. The number of benzene rings is 2. The molecule has 1 aliphatic heterocycles. The third kappa shape index (κ3) is 4.57. The number of anilines is 1. The van der Waals surface area contributed by atoms with Crippen LogP contribution in [0.3, 0.4) is 0 Å². The minimum Gasteiger partial charge on any atom is -0.305 e. The van der Waals surface area contributed by atoms with Gasteiger partial charge in [0.2, 0.25) is 0 Å². The average Bonchev–Trinajstić information content (AvgIpc) is 2.97. The van der Waals surface area contributed by atoms with Crippen LogP contribution in [0, 0.1) is 6.92 Å². The molecule has 0 unspecified atom stereocenters. The highest BCUT2D eigenvalue weighted by Gasteiger charge is 2.51. The molecule has 0 bridgehead atoms. The highest BCUT2D eigenvalue weighted by atomic mass is 16.2. The zero-order valence-electron chi connectivity index (χ0n) is 19.5. The van der Waals surface area contributed by atoms with Crippen LogP contribution >= 0.6 is 0 Å². The van der Waals surface area contributed by atoms with Crippen LogP contribution in [0.5, 0.6) is 0 Å². The minimum absolute atomic E-state index is 0.237. The van der Waals surface area contributed by atoms with Gasteiger partial charge in [-0.3, -0.25) is 9.78 Å². The number of hydrogen-bond acceptors (Lipinski definition) is 3. The summed E-state index contributed by atoms with van der Waals surface area (Å²) in [5, 5.41) is 0. The summed E-state index contributed by atoms with van der Waals surface area (Å²) < 4.78 is 0. The van der Waals surface area contributed by atoms with Gasteiger partial charge in [0, 0.05) is 12.2 Å². The molecule has 4 rings (SSSR count). The number of aromatic nitrogens is 1. The molecule has 1 saturated heterocycles. The lowest BCUT2D eigenvalue weighted by molar-refractivity contribution is -0.123. The summed E-state index contributed by atoms with van der Waals surface area (Å²) in [6, 6.07) is 21.6. The van der Waals surface area contributed by atoms with E-state index in [4.69, 9.17) is 0 Å². The zero-order chi connectivity index (χ0) is 23.3. The molecule has 1 aliphatic rings. The number of nitrogens with zero attached hydrogens (tertiary/aromatic N) is 3. The smallest absolute Gasteiger partial charge is 0.305 e. The Morgan fingerprint density at radius 3 is 2.09 bits per heavy atom. The molecule has 0 radical (unpaired) electrons. The van der Waals surface area contributed by atoms with Crippen molar-refractivity contribution in [3.63, 3.8) is 0 Å². The van der Waals surface area contributed by atoms with Crippen LogP contribution in [-0.2, 0) is 17.8 Å². The molecular weight excluding hydrogens is 398 g/mol. The summed E-state index contributed by atoms with van der Waals surface area (Å²) >= 11 is 0. The van der Waals surface area contributed by atoms with Crippen molar-refractivity contribution in [3.05, 3.63) is 95.3 Å². The number of rotatable bonds is 5. The Kier molecular flexibility index (Phi) is 7.08. The topological polar surface area (TPSA) is 53.5 Å². The summed E-state index contributed by atoms with van der Waals surface area (Å²) in [6.45, 7) is 9.84. The standard InChI is InChI=1S/C25H25N3O2.C2H6/c1-18-13-14-22(16-26-18)28-23(29)25(2,3)27(24(28)30)17-21-12-8-7-11-20(21)15-19-9-5-4-6-10-19;1-2/h4-14,16H,15,17H2,1-3H3;1-2H3. The van der Waals surface area contributed by atoms with Gasteiger partial charge >= 0.3 is 6.03 Å². The second-order valence-electron chi connectivity index (χ2n) is 8.16. The van der Waals surface area contributed by atoms with Gasteiger partial charge in [-0.1, -0.05) is 68.4 Å². The summed E-state index contributed by atoms with van der Waals surface area (Å²) in [5.74, 6) is -0.237. The highest BCUT2D eigenvalue weighted by Crippen LogP contribution is 2.33. The van der Waals surface area contributed by atoms with Crippen LogP contribution < -0.4 is 4.90 Å². The van der Waals surface area contributed by atoms with E-state index < -0.39 is 5.54 Å². The predicted octanol–water partition coefficient (Wildman–Crippen LogP) is 5.75. The van der Waals surface area contributed by atoms with Gasteiger partial charge in [-0.05, 0) is 56.0 Å². The second kappa shape index (κ2) is 9.77. The number of aryl methyl sites for hydroxylation is 1. The Hall–Kier alpha value is -3.47. The third-order valence-corrected chi connectivity index (χ3v) is 5.66. The minimum atomic E-state index is -0.943. The summed E-state index contributed by atoms with van der Waals surface area (Å²) in [4.78, 5) is 33.6. The van der Waals surface area contributed by atoms with Crippen molar-refractivity contribution in [2.45, 2.75) is 53.1 Å². The van der Waals surface area contributed by atoms with Gasteiger partial charge in [0.05, 0.1) is 11.9 Å². The summed E-state index contributed by atoms with van der Waals surface area (Å²) in [7, 11) is 0. The van der Waals surface area contributed by atoms with Crippen LogP contribution in [0.15, 0.2) is 72.9 Å². The fourth-order valence-electron chi connectivity index (χ4n) is 3.79. The molecule has 166 valence electrons. The van der Waals surface area contributed by atoms with E-state index in [0.717, 1.165) is 23.2 Å². The molecule has 3 aromatic rings. The fraction of sp³-hybridized carbons (Fsp3) is 0.296. The first-order valence-electron chi connectivity index (χ1n) is 11.1. The third-order valence-electron chi connectivity index (χ3n) is 5.66. The number of amides is 3. The van der Waals surface area contributed by atoms with Crippen LogP contribution in [0.1, 0.15) is 50.1 Å². The first-order valence-corrected chi connectivity index (χ1v) is 11.1. The molecule has 2 aromatic carbocycles. The maximum absolute atomic E-state index is 13.3. The molecule has 2 heterocycles. The van der Waals surface area contributed by atoms with E-state index in [1.54, 1.807) is 37.1 Å². The maximum Gasteiger partial charge on any atom is 0.332 e. The molecule has 5 heteroatoms. The average molecular weight is 430 g/mol. The van der Waals surface area contributed by atoms with Crippen molar-refractivity contribution >= 4 is 17.6 Å². The lowest BCUT2D eigenvalue weighted by atomic mass is 9.97. The number of urea groups is 1. The quantitative estimate of drug-likeness (QED) is 0.485. The maximum atomic E-state index is 13.3. The summed E-state index contributed by atoms with van der Waals surface area (Å²) in [5.41, 5.74) is 3.80. The molecule has 0 aliphatic carbocycles. The van der Waals surface area contributed by atoms with Crippen molar-refractivity contribution in [2.75, 3.05) is 4.90 Å². The van der Waals surface area contributed by atoms with E-state index in [1.165, 1.54) is 10.5 Å². The van der Waals surface area contributed by atoms with Crippen molar-refractivity contribution < 1.29 is 9.59 Å². The van der Waals surface area contributed by atoms with Crippen molar-refractivity contribution in [3.8, 4) is 0 Å². The molecule has 0 N–H and O–H groups in total. The number of pyridine rings is 1. The van der Waals surface area contributed by atoms with Gasteiger partial charge in [-0.15, -0.1) is 0 Å². The zero-order valence-corrected chi connectivity index (χ0v) is 19.5. The Morgan fingerprint density at radius 1 is 0.844 bits per heavy atom. The lowest BCUT2D eigenvalue weighted by Gasteiger charge is -2.28. The molecular formula is C27H31N3O2. The Balaban J connectivity index is 0.00000141. The lowest BCUT2D eigenvalue weighted by Crippen LogP contribution is -2.43. The van der Waals surface area contributed by atoms with Crippen molar-refractivity contribution in [1.29, 1.82) is 0 Å². The van der Waals surface area contributed by atoms with Crippen LogP contribution in [0.4, 0.5) is 10.5 Å². The van der Waals surface area contributed by atoms with Gasteiger partial charge in [0.1, 0.15) is 5.54 Å². The molecule has 0 atom stereocenters. The van der Waals surface area contributed by atoms with Gasteiger partial charge in [-0.2, -0.15) is 0 Å². The van der Waals surface area contributed by atoms with E-state index in [9.17, 15) is 9.59 Å². The Morgan fingerprint density at radius 2 is 1.47 bits per heavy atom. The molecule has 5 nitrogen and oxygen atoms in total. The van der Waals surface area contributed by atoms with E-state index in [1.807, 2.05) is 57.2 Å². The van der Waals surface area contributed by atoms with Crippen LogP contribution in [0.25, 0.3) is 0 Å². The van der Waals surface area contributed by atoms with E-state index in [-0.39, 0.29) is 11.9 Å². The van der Waals surface area contributed by atoms with Crippen LogP contribution in [0.2, 0.25) is 0 Å². The first kappa shape index (κ1) is 23.2. The van der Waals surface area contributed by atoms with Gasteiger partial charge in [0.25, 0.3) is 5.91 Å². The highest BCUT2D eigenvalue weighted by molar-refractivity contribution is 6.22. The van der Waals surface area contributed by atoms with Crippen LogP contribution in [-0.4, -0.2) is 27.4 Å². The SMILES string of the molecule is CC.Cc1ccc(N2C(=O)N(Cc3ccccc3Cc3ccccc3)C(C)(C)C2=O)cn1. The molecule has 1 fully saturated rings. The predicted molar refractivity (Wildman–Crippen MR) is 129 cm³/mol. The van der Waals surface area contributed by atoms with Crippen molar-refractivity contribution in [1.82, 2.24) is 9.88 Å². The van der Waals surface area contributed by atoms with Gasteiger partial charge in [0.15, 0.2) is 0 Å². The first-order chi connectivity index (χ1) is 15.4. The van der Waals surface area contributed by atoms with Gasteiger partial charge < -0.3 is 4.90 Å². The Labute approximate surface area is 190 Å². The summed E-state index contributed by atoms with van der Waals surface area (Å²) in [6.07, 6.45) is 2.35. The van der Waals surface area contributed by atoms with E-state index >= 15 is 0 Å². The number of carbonyl (C=O) groups excluding carboxylic acids is 2. The van der Waals surface area contributed by atoms with Crippen molar-refractivity contribution in [2.24, 2.45) is 0 Å². The monoisotopic (exact) mass is 429 g/mol.